The zero-order valence-electron chi connectivity index (χ0n) is 12.0. The van der Waals surface area contributed by atoms with Crippen LogP contribution in [0.4, 0.5) is 5.69 Å². The maximum Gasteiger partial charge on any atom is 0.272 e. The molecule has 5 nitrogen and oxygen atoms in total. The minimum absolute atomic E-state index is 0.151. The Labute approximate surface area is 114 Å². The number of nitrogens with zero attached hydrogens (tertiary/aromatic N) is 2. The van der Waals surface area contributed by atoms with Crippen molar-refractivity contribution in [2.45, 2.75) is 46.4 Å². The molecular formula is C14H22N2O3. The number of benzene rings is 1. The minimum Gasteiger partial charge on any atom is -0.392 e. The van der Waals surface area contributed by atoms with Gasteiger partial charge in [-0.05, 0) is 33.3 Å². The normalized spacial score (nSPS) is 13.0. The smallest absolute Gasteiger partial charge is 0.272 e. The lowest BCUT2D eigenvalue weighted by atomic mass is 10.1. The molecule has 0 aliphatic heterocycles. The van der Waals surface area contributed by atoms with Gasteiger partial charge in [0.25, 0.3) is 5.69 Å². The molecule has 0 radical (unpaired) electrons. The summed E-state index contributed by atoms with van der Waals surface area (Å²) in [6.45, 7) is 8.78. The molecule has 1 atom stereocenters. The lowest BCUT2D eigenvalue weighted by molar-refractivity contribution is -0.385. The average molecular weight is 266 g/mol. The molecule has 0 saturated heterocycles. The third kappa shape index (κ3) is 4.29. The van der Waals surface area contributed by atoms with Gasteiger partial charge >= 0.3 is 0 Å². The van der Waals surface area contributed by atoms with Gasteiger partial charge in [-0.15, -0.1) is 0 Å². The molecule has 1 rings (SSSR count). The number of aliphatic hydroxyl groups is 1. The van der Waals surface area contributed by atoms with E-state index in [0.29, 0.717) is 18.7 Å². The average Bonchev–Trinajstić information content (AvgIpc) is 2.29. The summed E-state index contributed by atoms with van der Waals surface area (Å²) < 4.78 is 0. The molecule has 0 heterocycles. The molecule has 0 amide bonds. The van der Waals surface area contributed by atoms with E-state index in [1.54, 1.807) is 19.9 Å². The maximum atomic E-state index is 10.9. The number of nitro benzene ring substituents is 1. The standard InChI is InChI=1S/C14H22N2O3/c1-10(2)15(8-11(3)17)9-13-6-5-7-14(12(13)4)16(18)19/h5-7,10-11,17H,8-9H2,1-4H3. The third-order valence-corrected chi connectivity index (χ3v) is 3.22. The summed E-state index contributed by atoms with van der Waals surface area (Å²) in [6.07, 6.45) is -0.415. The van der Waals surface area contributed by atoms with Crippen molar-refractivity contribution in [1.29, 1.82) is 0 Å². The Morgan fingerprint density at radius 1 is 1.37 bits per heavy atom. The molecule has 19 heavy (non-hydrogen) atoms. The minimum atomic E-state index is -0.415. The molecule has 0 aliphatic rings. The summed E-state index contributed by atoms with van der Waals surface area (Å²) in [4.78, 5) is 12.7. The van der Waals surface area contributed by atoms with Crippen LogP contribution in [0, 0.1) is 17.0 Å². The van der Waals surface area contributed by atoms with Crippen LogP contribution in [0.5, 0.6) is 0 Å². The van der Waals surface area contributed by atoms with Crippen molar-refractivity contribution in [1.82, 2.24) is 4.90 Å². The van der Waals surface area contributed by atoms with Gasteiger partial charge in [-0.2, -0.15) is 0 Å². The molecule has 1 N–H and O–H groups in total. The lowest BCUT2D eigenvalue weighted by Gasteiger charge is -2.28. The van der Waals surface area contributed by atoms with E-state index in [9.17, 15) is 15.2 Å². The quantitative estimate of drug-likeness (QED) is 0.634. The van der Waals surface area contributed by atoms with Gasteiger partial charge in [0.05, 0.1) is 11.0 Å². The van der Waals surface area contributed by atoms with Crippen LogP contribution in [-0.2, 0) is 6.54 Å². The van der Waals surface area contributed by atoms with Crippen molar-refractivity contribution in [2.24, 2.45) is 0 Å². The van der Waals surface area contributed by atoms with E-state index in [2.05, 4.69) is 18.7 Å². The Hall–Kier alpha value is -1.46. The van der Waals surface area contributed by atoms with Crippen LogP contribution in [0.25, 0.3) is 0 Å². The largest absolute Gasteiger partial charge is 0.392 e. The van der Waals surface area contributed by atoms with Crippen LogP contribution < -0.4 is 0 Å². The van der Waals surface area contributed by atoms with Crippen LogP contribution in [-0.4, -0.2) is 33.6 Å². The Morgan fingerprint density at radius 3 is 2.47 bits per heavy atom. The highest BCUT2D eigenvalue weighted by Gasteiger charge is 2.17. The van der Waals surface area contributed by atoms with Gasteiger partial charge in [-0.3, -0.25) is 15.0 Å². The number of nitro groups is 1. The van der Waals surface area contributed by atoms with Crippen LogP contribution in [0.3, 0.4) is 0 Å². The van der Waals surface area contributed by atoms with E-state index >= 15 is 0 Å². The van der Waals surface area contributed by atoms with Crippen LogP contribution >= 0.6 is 0 Å². The summed E-state index contributed by atoms with van der Waals surface area (Å²) in [6, 6.07) is 5.40. The van der Waals surface area contributed by atoms with Crippen molar-refractivity contribution >= 4 is 5.69 Å². The number of hydrogen-bond acceptors (Lipinski definition) is 4. The first kappa shape index (κ1) is 15.6. The summed E-state index contributed by atoms with van der Waals surface area (Å²) in [7, 11) is 0. The fraction of sp³-hybridized carbons (Fsp3) is 0.571. The van der Waals surface area contributed by atoms with E-state index in [-0.39, 0.29) is 16.7 Å². The van der Waals surface area contributed by atoms with Crippen molar-refractivity contribution < 1.29 is 10.0 Å². The van der Waals surface area contributed by atoms with Gasteiger partial charge in [-0.1, -0.05) is 12.1 Å². The molecule has 0 saturated carbocycles. The van der Waals surface area contributed by atoms with Crippen molar-refractivity contribution in [3.8, 4) is 0 Å². The van der Waals surface area contributed by atoms with Gasteiger partial charge < -0.3 is 5.11 Å². The highest BCUT2D eigenvalue weighted by molar-refractivity contribution is 5.44. The molecule has 0 aromatic heterocycles. The molecule has 1 unspecified atom stereocenters. The number of rotatable bonds is 6. The van der Waals surface area contributed by atoms with Crippen molar-refractivity contribution in [3.63, 3.8) is 0 Å². The second-order valence-electron chi connectivity index (χ2n) is 5.19. The van der Waals surface area contributed by atoms with Gasteiger partial charge in [0, 0.05) is 30.8 Å². The zero-order chi connectivity index (χ0) is 14.6. The SMILES string of the molecule is Cc1c(CN(CC(C)O)C(C)C)cccc1[N+](=O)[O-]. The molecule has 0 spiro atoms. The second-order valence-corrected chi connectivity index (χ2v) is 5.19. The third-order valence-electron chi connectivity index (χ3n) is 3.22. The predicted molar refractivity (Wildman–Crippen MR) is 75.1 cm³/mol. The Balaban J connectivity index is 2.97. The van der Waals surface area contributed by atoms with Gasteiger partial charge in [0.1, 0.15) is 0 Å². The first-order valence-electron chi connectivity index (χ1n) is 6.48. The van der Waals surface area contributed by atoms with Crippen molar-refractivity contribution in [2.75, 3.05) is 6.54 Å². The number of hydrogen-bond donors (Lipinski definition) is 1. The predicted octanol–water partition coefficient (Wildman–Crippen LogP) is 2.49. The Kier molecular flexibility index (Phi) is 5.44. The first-order valence-corrected chi connectivity index (χ1v) is 6.48. The zero-order valence-corrected chi connectivity index (χ0v) is 12.0. The molecular weight excluding hydrogens is 244 g/mol. The summed E-state index contributed by atoms with van der Waals surface area (Å²) in [5, 5.41) is 20.4. The summed E-state index contributed by atoms with van der Waals surface area (Å²) in [5.74, 6) is 0. The molecule has 1 aromatic rings. The van der Waals surface area contributed by atoms with E-state index in [1.165, 1.54) is 6.07 Å². The van der Waals surface area contributed by atoms with Crippen LogP contribution in [0.15, 0.2) is 18.2 Å². The van der Waals surface area contributed by atoms with Crippen molar-refractivity contribution in [3.05, 3.63) is 39.4 Å². The van der Waals surface area contributed by atoms with Crippen LogP contribution in [0.2, 0.25) is 0 Å². The molecule has 1 aromatic carbocycles. The summed E-state index contributed by atoms with van der Waals surface area (Å²) in [5.41, 5.74) is 1.78. The first-order chi connectivity index (χ1) is 8.82. The van der Waals surface area contributed by atoms with E-state index < -0.39 is 6.10 Å². The highest BCUT2D eigenvalue weighted by atomic mass is 16.6. The molecule has 5 heteroatoms. The Bertz CT molecular complexity index is 444. The number of aliphatic hydroxyl groups excluding tert-OH is 1. The lowest BCUT2D eigenvalue weighted by Crippen LogP contribution is -2.36. The van der Waals surface area contributed by atoms with E-state index in [4.69, 9.17) is 0 Å². The monoisotopic (exact) mass is 266 g/mol. The fourth-order valence-electron chi connectivity index (χ4n) is 2.06. The molecule has 0 bridgehead atoms. The second kappa shape index (κ2) is 6.63. The van der Waals surface area contributed by atoms with Gasteiger partial charge in [0.2, 0.25) is 0 Å². The topological polar surface area (TPSA) is 66.6 Å². The fourth-order valence-corrected chi connectivity index (χ4v) is 2.06. The maximum absolute atomic E-state index is 10.9. The molecule has 0 fully saturated rings. The molecule has 106 valence electrons. The summed E-state index contributed by atoms with van der Waals surface area (Å²) >= 11 is 0. The van der Waals surface area contributed by atoms with E-state index in [1.807, 2.05) is 6.07 Å². The van der Waals surface area contributed by atoms with E-state index in [0.717, 1.165) is 5.56 Å². The highest BCUT2D eigenvalue weighted by Crippen LogP contribution is 2.22. The van der Waals surface area contributed by atoms with Crippen LogP contribution in [0.1, 0.15) is 31.9 Å². The van der Waals surface area contributed by atoms with Gasteiger partial charge in [0.15, 0.2) is 0 Å². The Morgan fingerprint density at radius 2 is 2.00 bits per heavy atom. The van der Waals surface area contributed by atoms with Gasteiger partial charge in [-0.25, -0.2) is 0 Å². The molecule has 0 aliphatic carbocycles.